The van der Waals surface area contributed by atoms with Gasteiger partial charge in [0, 0.05) is 14.8 Å². The second-order valence-electron chi connectivity index (χ2n) is 2.32. The van der Waals surface area contributed by atoms with Crippen molar-refractivity contribution >= 4 is 8.41 Å². The maximum atomic E-state index is 8.70. The number of hydrogen-bond donors (Lipinski definition) is 2. The lowest BCUT2D eigenvalue weighted by atomic mass is 10.1. The van der Waals surface area contributed by atoms with Crippen LogP contribution in [-0.4, -0.2) is 24.4 Å². The molecule has 0 aromatic heterocycles. The Morgan fingerprint density at radius 2 is 1.78 bits per heavy atom. The molecule has 3 heteroatoms. The van der Waals surface area contributed by atoms with Crippen LogP contribution in [0, 0.1) is 0 Å². The summed E-state index contributed by atoms with van der Waals surface area (Å²) < 4.78 is 0. The van der Waals surface area contributed by atoms with Gasteiger partial charge < -0.3 is 10.2 Å². The highest BCUT2D eigenvalue weighted by molar-refractivity contribution is 5.75. The summed E-state index contributed by atoms with van der Waals surface area (Å²) >= 11 is 0. The molecule has 0 spiro atoms. The highest BCUT2D eigenvalue weighted by Crippen LogP contribution is 2.07. The molecule has 2 nitrogen and oxygen atoms in total. The third-order valence-corrected chi connectivity index (χ3v) is 1.00. The second-order valence-corrected chi connectivity index (χ2v) is 2.32. The van der Waals surface area contributed by atoms with Crippen molar-refractivity contribution < 1.29 is 10.2 Å². The van der Waals surface area contributed by atoms with E-state index >= 15 is 0 Å². The van der Waals surface area contributed by atoms with Crippen molar-refractivity contribution in [3.05, 3.63) is 0 Å². The van der Waals surface area contributed by atoms with E-state index in [4.69, 9.17) is 10.2 Å². The summed E-state index contributed by atoms with van der Waals surface area (Å²) in [4.78, 5) is 0. The first-order valence-electron chi connectivity index (χ1n) is 3.01. The first-order valence-corrected chi connectivity index (χ1v) is 3.01. The second kappa shape index (κ2) is 4.83. The van der Waals surface area contributed by atoms with Crippen molar-refractivity contribution in [2.24, 2.45) is 0 Å². The molecular weight excluding hydrogens is 115 g/mol. The van der Waals surface area contributed by atoms with Crippen LogP contribution in [0.15, 0.2) is 0 Å². The van der Waals surface area contributed by atoms with Crippen LogP contribution < -0.4 is 0 Å². The van der Waals surface area contributed by atoms with Crippen LogP contribution in [-0.2, 0) is 0 Å². The van der Waals surface area contributed by atoms with Crippen LogP contribution in [0.25, 0.3) is 0 Å². The van der Waals surface area contributed by atoms with Gasteiger partial charge in [0.05, 0.1) is 0 Å². The number of hydrogen-bond acceptors (Lipinski definition) is 2. The van der Waals surface area contributed by atoms with Gasteiger partial charge in [-0.05, 0) is 13.3 Å². The van der Waals surface area contributed by atoms with E-state index in [1.54, 1.807) is 0 Å². The molecule has 0 aliphatic rings. The summed E-state index contributed by atoms with van der Waals surface area (Å²) in [6.45, 7) is 3.42. The van der Waals surface area contributed by atoms with Gasteiger partial charge in [-0.3, -0.25) is 0 Å². The highest BCUT2D eigenvalue weighted by atomic mass is 16.5. The molecular formula is C6H14BO2. The summed E-state index contributed by atoms with van der Waals surface area (Å²) in [5.74, 6) is -1.45. The quantitative estimate of drug-likeness (QED) is 0.430. The monoisotopic (exact) mass is 129 g/mol. The minimum Gasteiger partial charge on any atom is -0.366 e. The van der Waals surface area contributed by atoms with Crippen LogP contribution in [0.4, 0.5) is 0 Å². The van der Waals surface area contributed by atoms with E-state index in [1.165, 1.54) is 6.92 Å². The Labute approximate surface area is 58.5 Å². The van der Waals surface area contributed by atoms with Crippen LogP contribution in [0.2, 0.25) is 0 Å². The molecule has 0 aliphatic carbocycles. The molecule has 0 saturated carbocycles. The molecule has 0 aliphatic heterocycles. The van der Waals surface area contributed by atoms with Crippen molar-refractivity contribution in [1.29, 1.82) is 0 Å². The average molecular weight is 129 g/mol. The standard InChI is InChI=1S/C6H14O2.B/c1-3-4-5-6(2,7)8;/h7-8H,3-5H2,1-2H3;. The van der Waals surface area contributed by atoms with Crippen LogP contribution >= 0.6 is 0 Å². The fraction of sp³-hybridized carbons (Fsp3) is 1.00. The van der Waals surface area contributed by atoms with Gasteiger partial charge in [0.2, 0.25) is 0 Å². The molecule has 9 heavy (non-hydrogen) atoms. The van der Waals surface area contributed by atoms with Gasteiger partial charge in [-0.1, -0.05) is 13.3 Å². The van der Waals surface area contributed by atoms with Crippen molar-refractivity contribution in [2.75, 3.05) is 0 Å². The van der Waals surface area contributed by atoms with Crippen molar-refractivity contribution in [2.45, 2.75) is 38.9 Å². The van der Waals surface area contributed by atoms with Gasteiger partial charge in [0.1, 0.15) is 0 Å². The molecule has 0 rings (SSSR count). The predicted octanol–water partition coefficient (Wildman–Crippen LogP) is 0.497. The number of rotatable bonds is 3. The molecule has 0 aromatic rings. The van der Waals surface area contributed by atoms with Crippen molar-refractivity contribution in [1.82, 2.24) is 0 Å². The van der Waals surface area contributed by atoms with E-state index in [2.05, 4.69) is 0 Å². The number of aliphatic hydroxyl groups is 2. The molecule has 2 N–H and O–H groups in total. The predicted molar refractivity (Wildman–Crippen MR) is 38.1 cm³/mol. The van der Waals surface area contributed by atoms with E-state index in [1.807, 2.05) is 6.92 Å². The van der Waals surface area contributed by atoms with Crippen LogP contribution in [0.3, 0.4) is 0 Å². The Kier molecular flexibility index (Phi) is 6.30. The van der Waals surface area contributed by atoms with Crippen LogP contribution in [0.5, 0.6) is 0 Å². The largest absolute Gasteiger partial charge is 0.366 e. The van der Waals surface area contributed by atoms with Gasteiger partial charge >= 0.3 is 0 Å². The van der Waals surface area contributed by atoms with Gasteiger partial charge in [-0.2, -0.15) is 0 Å². The normalized spacial score (nSPS) is 10.7. The average Bonchev–Trinajstić information content (AvgIpc) is 1.59. The summed E-state index contributed by atoms with van der Waals surface area (Å²) in [5, 5.41) is 17.4. The Morgan fingerprint density at radius 3 is 1.89 bits per heavy atom. The zero-order chi connectivity index (χ0) is 6.62. The highest BCUT2D eigenvalue weighted by Gasteiger charge is 2.12. The first kappa shape index (κ1) is 11.7. The van der Waals surface area contributed by atoms with E-state index in [0.29, 0.717) is 6.42 Å². The summed E-state index contributed by atoms with van der Waals surface area (Å²) in [6.07, 6.45) is 2.36. The molecule has 0 atom stereocenters. The van der Waals surface area contributed by atoms with E-state index < -0.39 is 5.79 Å². The molecule has 0 aromatic carbocycles. The maximum absolute atomic E-state index is 8.70. The van der Waals surface area contributed by atoms with Crippen molar-refractivity contribution in [3.8, 4) is 0 Å². The molecule has 53 valence electrons. The Hall–Kier alpha value is -0.0151. The fourth-order valence-electron chi connectivity index (χ4n) is 0.512. The minimum atomic E-state index is -1.45. The lowest BCUT2D eigenvalue weighted by Crippen LogP contribution is -2.22. The van der Waals surface area contributed by atoms with Gasteiger partial charge in [-0.25, -0.2) is 0 Å². The SMILES string of the molecule is CCCCC(C)(O)O.[B]. The lowest BCUT2D eigenvalue weighted by molar-refractivity contribution is -0.150. The topological polar surface area (TPSA) is 40.5 Å². The first-order chi connectivity index (χ1) is 3.56. The van der Waals surface area contributed by atoms with E-state index in [-0.39, 0.29) is 8.41 Å². The minimum absolute atomic E-state index is 0. The zero-order valence-electron chi connectivity index (χ0n) is 6.09. The van der Waals surface area contributed by atoms with Crippen LogP contribution in [0.1, 0.15) is 33.1 Å². The third-order valence-electron chi connectivity index (χ3n) is 1.00. The number of unbranched alkanes of at least 4 members (excludes halogenated alkanes) is 1. The summed E-state index contributed by atoms with van der Waals surface area (Å²) in [6, 6.07) is 0. The Bertz CT molecular complexity index is 58.6. The molecule has 0 amide bonds. The third kappa shape index (κ3) is 11.5. The van der Waals surface area contributed by atoms with E-state index in [9.17, 15) is 0 Å². The summed E-state index contributed by atoms with van der Waals surface area (Å²) in [7, 11) is 0. The fourth-order valence-corrected chi connectivity index (χ4v) is 0.512. The summed E-state index contributed by atoms with van der Waals surface area (Å²) in [5.41, 5.74) is 0. The molecule has 0 heterocycles. The molecule has 0 bridgehead atoms. The molecule has 0 fully saturated rings. The van der Waals surface area contributed by atoms with E-state index in [0.717, 1.165) is 12.8 Å². The Morgan fingerprint density at radius 1 is 1.33 bits per heavy atom. The van der Waals surface area contributed by atoms with Gasteiger partial charge in [0.25, 0.3) is 0 Å². The zero-order valence-corrected chi connectivity index (χ0v) is 6.09. The van der Waals surface area contributed by atoms with Gasteiger partial charge in [-0.15, -0.1) is 0 Å². The smallest absolute Gasteiger partial charge is 0.159 e. The molecule has 0 unspecified atom stereocenters. The van der Waals surface area contributed by atoms with Crippen molar-refractivity contribution in [3.63, 3.8) is 0 Å². The molecule has 3 radical (unpaired) electrons. The van der Waals surface area contributed by atoms with Gasteiger partial charge in [0.15, 0.2) is 5.79 Å². The molecule has 0 saturated heterocycles. The Balaban J connectivity index is 0. The lowest BCUT2D eigenvalue weighted by Gasteiger charge is -2.13. The maximum Gasteiger partial charge on any atom is 0.159 e.